The lowest BCUT2D eigenvalue weighted by Gasteiger charge is -2.36. The van der Waals surface area contributed by atoms with Crippen molar-refractivity contribution < 1.29 is 9.53 Å². The third kappa shape index (κ3) is 4.08. The summed E-state index contributed by atoms with van der Waals surface area (Å²) in [5.74, 6) is 2.78. The number of nitrogens with zero attached hydrogens (tertiary/aromatic N) is 6. The Kier molecular flexibility index (Phi) is 5.83. The number of ether oxygens (including phenoxy) is 1. The zero-order valence-corrected chi connectivity index (χ0v) is 17.8. The SMILES string of the molecule is CCC(C)c1ccccc1OCC(=O)N1CCN(c2cc(C)nc3ncnn23)CC1. The smallest absolute Gasteiger partial charge is 0.260 e. The second-order valence-electron chi connectivity index (χ2n) is 7.73. The highest BCUT2D eigenvalue weighted by atomic mass is 16.5. The van der Waals surface area contributed by atoms with Crippen molar-refractivity contribution in [1.82, 2.24) is 24.5 Å². The van der Waals surface area contributed by atoms with Crippen LogP contribution in [0.15, 0.2) is 36.7 Å². The van der Waals surface area contributed by atoms with Crippen LogP contribution in [0.1, 0.15) is 37.4 Å². The van der Waals surface area contributed by atoms with Gasteiger partial charge in [0.05, 0.1) is 0 Å². The van der Waals surface area contributed by atoms with Crippen LogP contribution < -0.4 is 9.64 Å². The van der Waals surface area contributed by atoms with Crippen molar-refractivity contribution >= 4 is 17.5 Å². The molecule has 3 aromatic rings. The fraction of sp³-hybridized carbons (Fsp3) is 0.455. The minimum Gasteiger partial charge on any atom is -0.483 e. The molecule has 0 saturated carbocycles. The predicted octanol–water partition coefficient (Wildman–Crippen LogP) is 2.67. The molecule has 0 aliphatic carbocycles. The summed E-state index contributed by atoms with van der Waals surface area (Å²) in [4.78, 5) is 25.4. The molecule has 1 atom stereocenters. The zero-order valence-electron chi connectivity index (χ0n) is 17.8. The van der Waals surface area contributed by atoms with E-state index in [4.69, 9.17) is 4.74 Å². The van der Waals surface area contributed by atoms with Crippen molar-refractivity contribution in [3.05, 3.63) is 47.9 Å². The molecule has 1 saturated heterocycles. The number of carbonyl (C=O) groups is 1. The van der Waals surface area contributed by atoms with Crippen molar-refractivity contribution in [2.75, 3.05) is 37.7 Å². The molecule has 1 aromatic carbocycles. The van der Waals surface area contributed by atoms with Crippen LogP contribution in [0.25, 0.3) is 5.78 Å². The van der Waals surface area contributed by atoms with Gasteiger partial charge in [-0.3, -0.25) is 4.79 Å². The van der Waals surface area contributed by atoms with Gasteiger partial charge in [-0.15, -0.1) is 0 Å². The quantitative estimate of drug-likeness (QED) is 0.624. The molecule has 158 valence electrons. The maximum atomic E-state index is 12.7. The van der Waals surface area contributed by atoms with Gasteiger partial charge < -0.3 is 14.5 Å². The molecule has 1 amide bonds. The fourth-order valence-electron chi connectivity index (χ4n) is 3.79. The third-order valence-electron chi connectivity index (χ3n) is 5.73. The Bertz CT molecular complexity index is 1030. The molecule has 0 N–H and O–H groups in total. The molecular weight excluding hydrogens is 380 g/mol. The molecular formula is C22H28N6O2. The number of aromatic nitrogens is 4. The second kappa shape index (κ2) is 8.69. The lowest BCUT2D eigenvalue weighted by Crippen LogP contribution is -2.50. The van der Waals surface area contributed by atoms with Crippen molar-refractivity contribution in [2.24, 2.45) is 0 Å². The first-order valence-electron chi connectivity index (χ1n) is 10.5. The van der Waals surface area contributed by atoms with Crippen LogP contribution in [-0.4, -0.2) is 63.2 Å². The Morgan fingerprint density at radius 2 is 1.97 bits per heavy atom. The molecule has 0 radical (unpaired) electrons. The lowest BCUT2D eigenvalue weighted by molar-refractivity contribution is -0.133. The van der Waals surface area contributed by atoms with E-state index in [-0.39, 0.29) is 12.5 Å². The molecule has 1 aliphatic rings. The Labute approximate surface area is 176 Å². The van der Waals surface area contributed by atoms with Crippen molar-refractivity contribution in [2.45, 2.75) is 33.1 Å². The highest BCUT2D eigenvalue weighted by Crippen LogP contribution is 2.28. The zero-order chi connectivity index (χ0) is 21.1. The summed E-state index contributed by atoms with van der Waals surface area (Å²) in [5.41, 5.74) is 2.06. The van der Waals surface area contributed by atoms with Crippen LogP contribution in [0, 0.1) is 6.92 Å². The van der Waals surface area contributed by atoms with Gasteiger partial charge in [-0.2, -0.15) is 14.6 Å². The molecule has 8 nitrogen and oxygen atoms in total. The van der Waals surface area contributed by atoms with E-state index in [0.717, 1.165) is 42.3 Å². The van der Waals surface area contributed by atoms with Gasteiger partial charge in [0.1, 0.15) is 17.9 Å². The van der Waals surface area contributed by atoms with Crippen LogP contribution in [-0.2, 0) is 4.79 Å². The summed E-state index contributed by atoms with van der Waals surface area (Å²) in [6.45, 7) is 9.10. The maximum absolute atomic E-state index is 12.7. The van der Waals surface area contributed by atoms with E-state index in [1.54, 1.807) is 4.52 Å². The minimum absolute atomic E-state index is 0.0189. The molecule has 1 aliphatic heterocycles. The summed E-state index contributed by atoms with van der Waals surface area (Å²) < 4.78 is 7.66. The number of anilines is 1. The summed E-state index contributed by atoms with van der Waals surface area (Å²) in [5, 5.41) is 4.28. The van der Waals surface area contributed by atoms with Crippen LogP contribution in [0.4, 0.5) is 5.82 Å². The first kappa shape index (κ1) is 20.1. The highest BCUT2D eigenvalue weighted by molar-refractivity contribution is 5.78. The molecule has 2 aromatic heterocycles. The van der Waals surface area contributed by atoms with E-state index in [9.17, 15) is 4.79 Å². The summed E-state index contributed by atoms with van der Waals surface area (Å²) in [7, 11) is 0. The molecule has 4 rings (SSSR count). The van der Waals surface area contributed by atoms with Crippen LogP contribution in [0.5, 0.6) is 5.75 Å². The maximum Gasteiger partial charge on any atom is 0.260 e. The first-order valence-corrected chi connectivity index (χ1v) is 10.5. The molecule has 0 spiro atoms. The van der Waals surface area contributed by atoms with Gasteiger partial charge in [0, 0.05) is 37.9 Å². The third-order valence-corrected chi connectivity index (χ3v) is 5.73. The summed E-state index contributed by atoms with van der Waals surface area (Å²) >= 11 is 0. The summed E-state index contributed by atoms with van der Waals surface area (Å²) in [6, 6.07) is 10.00. The molecule has 3 heterocycles. The predicted molar refractivity (Wildman–Crippen MR) is 115 cm³/mol. The van der Waals surface area contributed by atoms with Gasteiger partial charge in [-0.1, -0.05) is 32.0 Å². The molecule has 1 fully saturated rings. The van der Waals surface area contributed by atoms with E-state index in [0.29, 0.717) is 24.8 Å². The monoisotopic (exact) mass is 408 g/mol. The largest absolute Gasteiger partial charge is 0.483 e. The van der Waals surface area contributed by atoms with Crippen LogP contribution in [0.3, 0.4) is 0 Å². The Morgan fingerprint density at radius 3 is 2.73 bits per heavy atom. The van der Waals surface area contributed by atoms with Crippen LogP contribution in [0.2, 0.25) is 0 Å². The number of rotatable bonds is 6. The Hall–Kier alpha value is -3.16. The normalized spacial score (nSPS) is 15.4. The minimum atomic E-state index is 0.0189. The number of aryl methyl sites for hydroxylation is 1. The summed E-state index contributed by atoms with van der Waals surface area (Å²) in [6.07, 6.45) is 2.55. The van der Waals surface area contributed by atoms with Gasteiger partial charge in [0.25, 0.3) is 11.7 Å². The molecule has 1 unspecified atom stereocenters. The average Bonchev–Trinajstić information content (AvgIpc) is 3.25. The number of benzene rings is 1. The van der Waals surface area contributed by atoms with E-state index in [1.807, 2.05) is 36.1 Å². The van der Waals surface area contributed by atoms with Crippen molar-refractivity contribution in [1.29, 1.82) is 0 Å². The number of piperazine rings is 1. The molecule has 30 heavy (non-hydrogen) atoms. The first-order chi connectivity index (χ1) is 14.6. The van der Waals surface area contributed by atoms with Crippen molar-refractivity contribution in [3.63, 3.8) is 0 Å². The van der Waals surface area contributed by atoms with E-state index in [1.165, 1.54) is 6.33 Å². The Balaban J connectivity index is 1.37. The Morgan fingerprint density at radius 1 is 1.20 bits per heavy atom. The highest BCUT2D eigenvalue weighted by Gasteiger charge is 2.24. The van der Waals surface area contributed by atoms with Gasteiger partial charge in [0.2, 0.25) is 0 Å². The van der Waals surface area contributed by atoms with Gasteiger partial charge in [-0.05, 0) is 30.9 Å². The second-order valence-corrected chi connectivity index (χ2v) is 7.73. The number of para-hydroxylation sites is 1. The van der Waals surface area contributed by atoms with Crippen molar-refractivity contribution in [3.8, 4) is 5.75 Å². The fourth-order valence-corrected chi connectivity index (χ4v) is 3.79. The number of hydrogen-bond donors (Lipinski definition) is 0. The standard InChI is InChI=1S/C22H28N6O2/c1-4-16(2)18-7-5-6-8-19(18)30-14-21(29)27-11-9-26(10-12-27)20-13-17(3)25-22-23-15-24-28(20)22/h5-8,13,15-16H,4,9-12,14H2,1-3H3. The molecule has 0 bridgehead atoms. The number of amides is 1. The average molecular weight is 409 g/mol. The van der Waals surface area contributed by atoms with Gasteiger partial charge in [0.15, 0.2) is 6.61 Å². The van der Waals surface area contributed by atoms with E-state index < -0.39 is 0 Å². The molecule has 8 heteroatoms. The van der Waals surface area contributed by atoms with E-state index in [2.05, 4.69) is 39.9 Å². The number of hydrogen-bond acceptors (Lipinski definition) is 6. The van der Waals surface area contributed by atoms with E-state index >= 15 is 0 Å². The van der Waals surface area contributed by atoms with Gasteiger partial charge in [-0.25, -0.2) is 4.98 Å². The lowest BCUT2D eigenvalue weighted by atomic mass is 9.98. The van der Waals surface area contributed by atoms with Crippen LogP contribution >= 0.6 is 0 Å². The van der Waals surface area contributed by atoms with Gasteiger partial charge >= 0.3 is 0 Å². The number of carbonyl (C=O) groups excluding carboxylic acids is 1. The topological polar surface area (TPSA) is 75.9 Å². The number of fused-ring (bicyclic) bond motifs is 1.